The molecule has 8 heteroatoms. The van der Waals surface area contributed by atoms with Gasteiger partial charge in [0.15, 0.2) is 34.9 Å². The average Bonchev–Trinajstić information content (AvgIpc) is 1.80. The molecule has 0 radical (unpaired) electrons. The second-order valence-corrected chi connectivity index (χ2v) is 21.4. The second kappa shape index (κ2) is 18.3. The molecule has 4 aromatic heterocycles. The van der Waals surface area contributed by atoms with Crippen molar-refractivity contribution in [3.8, 4) is 79.7 Å². The van der Waals surface area contributed by atoms with Crippen LogP contribution in [0.4, 0.5) is 0 Å². The Balaban J connectivity index is 0.790. The van der Waals surface area contributed by atoms with Gasteiger partial charge in [-0.25, -0.2) is 29.9 Å². The summed E-state index contributed by atoms with van der Waals surface area (Å²) in [5, 5.41) is 4.74. The van der Waals surface area contributed by atoms with Gasteiger partial charge in [-0.15, -0.1) is 0 Å². The van der Waals surface area contributed by atoms with E-state index < -0.39 is 0 Å². The van der Waals surface area contributed by atoms with Gasteiger partial charge in [-0.2, -0.15) is 0 Å². The summed E-state index contributed by atoms with van der Waals surface area (Å²) < 4.78 is 4.67. The van der Waals surface area contributed by atoms with Crippen LogP contribution in [0.3, 0.4) is 0 Å². The van der Waals surface area contributed by atoms with Crippen LogP contribution in [-0.4, -0.2) is 39.0 Å². The molecule has 2 bridgehead atoms. The van der Waals surface area contributed by atoms with Gasteiger partial charge in [0, 0.05) is 78.1 Å². The molecule has 18 rings (SSSR count). The van der Waals surface area contributed by atoms with Gasteiger partial charge in [0.25, 0.3) is 0 Å². The smallest absolute Gasteiger partial charge is 0.164 e. The molecular weight excluding hydrogens is 1000 g/mol. The van der Waals surface area contributed by atoms with Gasteiger partial charge in [0.2, 0.25) is 0 Å². The van der Waals surface area contributed by atoms with Gasteiger partial charge in [-0.05, 0) is 94.0 Å². The van der Waals surface area contributed by atoms with Crippen LogP contribution in [0, 0.1) is 0 Å². The van der Waals surface area contributed by atoms with Crippen molar-refractivity contribution in [3.63, 3.8) is 0 Å². The minimum Gasteiger partial charge on any atom is -0.309 e. The molecule has 2 atom stereocenters. The molecule has 0 saturated heterocycles. The highest BCUT2D eigenvalue weighted by Gasteiger charge is 2.42. The minimum atomic E-state index is -0.0192. The Kier molecular flexibility index (Phi) is 10.3. The molecule has 3 aliphatic carbocycles. The summed E-state index contributed by atoms with van der Waals surface area (Å²) in [6.45, 7) is 0. The highest BCUT2D eigenvalue weighted by atomic mass is 15.1. The first-order valence-corrected chi connectivity index (χ1v) is 27.8. The van der Waals surface area contributed by atoms with Crippen molar-refractivity contribution in [2.45, 2.75) is 11.8 Å². The lowest BCUT2D eigenvalue weighted by Gasteiger charge is -2.42. The molecule has 0 amide bonds. The van der Waals surface area contributed by atoms with Crippen LogP contribution < -0.4 is 0 Å². The lowest BCUT2D eigenvalue weighted by molar-refractivity contribution is 0.754. The van der Waals surface area contributed by atoms with Crippen molar-refractivity contribution in [2.24, 2.45) is 0 Å². The van der Waals surface area contributed by atoms with E-state index in [0.29, 0.717) is 34.9 Å². The Morgan fingerprint density at radius 2 is 0.500 bits per heavy atom. The van der Waals surface area contributed by atoms with Crippen molar-refractivity contribution < 1.29 is 0 Å². The van der Waals surface area contributed by atoms with Crippen molar-refractivity contribution in [1.29, 1.82) is 0 Å². The van der Waals surface area contributed by atoms with Crippen molar-refractivity contribution in [2.75, 3.05) is 0 Å². The Morgan fingerprint density at radius 3 is 0.902 bits per heavy atom. The first kappa shape index (κ1) is 46.0. The zero-order valence-corrected chi connectivity index (χ0v) is 44.1. The van der Waals surface area contributed by atoms with Gasteiger partial charge in [0.05, 0.1) is 22.1 Å². The number of aromatic nitrogens is 8. The van der Waals surface area contributed by atoms with E-state index in [2.05, 4.69) is 240 Å². The third-order valence-corrected chi connectivity index (χ3v) is 16.8. The normalized spacial score (nSPS) is 14.1. The van der Waals surface area contributed by atoms with E-state index in [-0.39, 0.29) is 11.8 Å². The van der Waals surface area contributed by atoms with Gasteiger partial charge < -0.3 is 9.13 Å². The first-order chi connectivity index (χ1) is 40.6. The van der Waals surface area contributed by atoms with Gasteiger partial charge in [-0.3, -0.25) is 0 Å². The molecule has 3 aliphatic rings. The summed E-state index contributed by atoms with van der Waals surface area (Å²) in [6.07, 6.45) is 0. The van der Waals surface area contributed by atoms with Crippen LogP contribution in [0.5, 0.6) is 0 Å². The Labute approximate surface area is 472 Å². The summed E-state index contributed by atoms with van der Waals surface area (Å²) >= 11 is 0. The summed E-state index contributed by atoms with van der Waals surface area (Å²) in [4.78, 5) is 31.7. The molecule has 0 N–H and O–H groups in total. The fourth-order valence-electron chi connectivity index (χ4n) is 13.1. The van der Waals surface area contributed by atoms with Crippen LogP contribution in [0.15, 0.2) is 267 Å². The number of hydrogen-bond acceptors (Lipinski definition) is 6. The Morgan fingerprint density at radius 1 is 0.207 bits per heavy atom. The molecule has 11 aromatic carbocycles. The topological polar surface area (TPSA) is 87.2 Å². The minimum absolute atomic E-state index is 0.0192. The van der Waals surface area contributed by atoms with Gasteiger partial charge in [-0.1, -0.05) is 206 Å². The predicted molar refractivity (Wildman–Crippen MR) is 329 cm³/mol. The summed E-state index contributed by atoms with van der Waals surface area (Å²) in [5.41, 5.74) is 19.9. The number of nitrogens with zero attached hydrogens (tertiary/aromatic N) is 8. The van der Waals surface area contributed by atoms with Crippen LogP contribution in [0.25, 0.3) is 123 Å². The maximum absolute atomic E-state index is 5.36. The zero-order chi connectivity index (χ0) is 53.8. The van der Waals surface area contributed by atoms with E-state index in [1.54, 1.807) is 0 Å². The summed E-state index contributed by atoms with van der Waals surface area (Å²) in [7, 11) is 0. The quantitative estimate of drug-likeness (QED) is 0.151. The Bertz CT molecular complexity index is 4730. The van der Waals surface area contributed by atoms with Gasteiger partial charge in [0.1, 0.15) is 0 Å². The molecule has 82 heavy (non-hydrogen) atoms. The van der Waals surface area contributed by atoms with Crippen LogP contribution >= 0.6 is 0 Å². The molecule has 0 aliphatic heterocycles. The van der Waals surface area contributed by atoms with E-state index >= 15 is 0 Å². The summed E-state index contributed by atoms with van der Waals surface area (Å²) in [6, 6.07) is 94.6. The number of rotatable bonds is 8. The molecule has 15 aromatic rings. The van der Waals surface area contributed by atoms with Crippen molar-refractivity contribution in [3.05, 3.63) is 300 Å². The van der Waals surface area contributed by atoms with E-state index in [1.807, 2.05) is 36.4 Å². The maximum Gasteiger partial charge on any atom is 0.164 e. The van der Waals surface area contributed by atoms with Crippen LogP contribution in [-0.2, 0) is 0 Å². The molecule has 0 saturated carbocycles. The van der Waals surface area contributed by atoms with Crippen LogP contribution in [0.1, 0.15) is 45.2 Å². The van der Waals surface area contributed by atoms with E-state index in [1.165, 1.54) is 54.9 Å². The highest BCUT2D eigenvalue weighted by Crippen LogP contribution is 2.57. The SMILES string of the molecule is c1ccc(-c2nc(-c3ccc4c(c3)C3c5ccccc5C4c4cc(-c5nc(-c6ccccc6)nc(-c6ccc7c8ccccc8n(-c8ccccc8)c7c6)n5)ccc43)nc(-c3ccc4c5ccccc5n(-c5ccccc5)c4c3)n2)cc1. The molecule has 382 valence electrons. The third kappa shape index (κ3) is 7.24. The molecule has 4 heterocycles. The largest absolute Gasteiger partial charge is 0.309 e. The fourth-order valence-corrected chi connectivity index (χ4v) is 13.1. The predicted octanol–water partition coefficient (Wildman–Crippen LogP) is 17.2. The maximum atomic E-state index is 5.36. The number of hydrogen-bond donors (Lipinski definition) is 0. The van der Waals surface area contributed by atoms with E-state index in [9.17, 15) is 0 Å². The molecule has 0 spiro atoms. The highest BCUT2D eigenvalue weighted by molar-refractivity contribution is 6.11. The lowest BCUT2D eigenvalue weighted by Crippen LogP contribution is -2.27. The average molecular weight is 1050 g/mol. The number of para-hydroxylation sites is 4. The lowest BCUT2D eigenvalue weighted by atomic mass is 9.61. The molecular formula is C74H46N8. The summed E-state index contributed by atoms with van der Waals surface area (Å²) in [5.74, 6) is 3.70. The third-order valence-electron chi connectivity index (χ3n) is 16.8. The standard InChI is InChI=1S/C74H46N8/c1-5-19-45(20-6-1)69-75-71(79-73(77-69)49-33-37-55-53-27-15-17-31-63(53)81(65(55)43-49)51-23-9-3-10-24-51)47-35-39-59-61(41-47)67-57-29-13-14-30-58(57)68(59)62-42-48(36-40-60(62)67)72-76-70(46-21-7-2-8-22-46)78-74(80-72)50-34-38-56-54-28-16-18-32-64(54)82(66(56)44-50)52-25-11-4-12-26-52/h1-44,67-68H. The van der Waals surface area contributed by atoms with E-state index in [0.717, 1.165) is 66.8 Å². The molecule has 2 unspecified atom stereocenters. The molecule has 0 fully saturated rings. The van der Waals surface area contributed by atoms with Crippen molar-refractivity contribution >= 4 is 43.6 Å². The Hall–Kier alpha value is -11.0. The van der Waals surface area contributed by atoms with Crippen molar-refractivity contribution in [1.82, 2.24) is 39.0 Å². The first-order valence-electron chi connectivity index (χ1n) is 27.8. The van der Waals surface area contributed by atoms with Crippen LogP contribution in [0.2, 0.25) is 0 Å². The number of fused-ring (bicyclic) bond motifs is 6. The monoisotopic (exact) mass is 1050 g/mol. The number of benzene rings is 11. The fraction of sp³-hybridized carbons (Fsp3) is 0.0270. The second-order valence-electron chi connectivity index (χ2n) is 21.4. The van der Waals surface area contributed by atoms with E-state index in [4.69, 9.17) is 29.9 Å². The van der Waals surface area contributed by atoms with Gasteiger partial charge >= 0.3 is 0 Å². The zero-order valence-electron chi connectivity index (χ0n) is 44.1. The molecule has 8 nitrogen and oxygen atoms in total.